The lowest BCUT2D eigenvalue weighted by Gasteiger charge is -2.44. The molecule has 1 fully saturated rings. The topological polar surface area (TPSA) is 132 Å². The zero-order chi connectivity index (χ0) is 36.6. The van der Waals surface area contributed by atoms with E-state index in [1.807, 2.05) is 47.2 Å². The van der Waals surface area contributed by atoms with E-state index < -0.39 is 22.9 Å². The molecule has 1 saturated heterocycles. The molecule has 0 saturated carbocycles. The average Bonchev–Trinajstić information content (AvgIpc) is 3.61. The number of nitrogens with one attached hydrogen (secondary N) is 2. The molecule has 0 unspecified atom stereocenters. The van der Waals surface area contributed by atoms with Gasteiger partial charge in [-0.3, -0.25) is 9.97 Å². The lowest BCUT2D eigenvalue weighted by Crippen LogP contribution is -2.55. The number of anilines is 2. The molecule has 0 aliphatic carbocycles. The van der Waals surface area contributed by atoms with Gasteiger partial charge in [0.1, 0.15) is 11.8 Å². The van der Waals surface area contributed by atoms with Gasteiger partial charge in [0.25, 0.3) is 0 Å². The molecule has 53 heavy (non-hydrogen) atoms. The van der Waals surface area contributed by atoms with Crippen molar-refractivity contribution in [3.63, 3.8) is 0 Å². The quantitative estimate of drug-likeness (QED) is 0.102. The molecule has 0 spiro atoms. The van der Waals surface area contributed by atoms with E-state index in [9.17, 15) is 8.78 Å². The van der Waals surface area contributed by atoms with Gasteiger partial charge in [-0.15, -0.1) is 0 Å². The van der Waals surface area contributed by atoms with Gasteiger partial charge in [0.2, 0.25) is 0 Å². The maximum Gasteiger partial charge on any atom is 0.190 e. The number of piperidine rings is 1. The largest absolute Gasteiger partial charge is 0.491 e. The van der Waals surface area contributed by atoms with E-state index in [0.29, 0.717) is 54.4 Å². The number of nitrogens with two attached hydrogens (primary N) is 1. The summed E-state index contributed by atoms with van der Waals surface area (Å²) in [6.45, 7) is 3.88. The summed E-state index contributed by atoms with van der Waals surface area (Å²) < 4.78 is 36.8. The molecule has 1 atom stereocenters. The second-order valence-corrected chi connectivity index (χ2v) is 13.4. The van der Waals surface area contributed by atoms with Gasteiger partial charge in [0.15, 0.2) is 28.8 Å². The molecule has 1 aliphatic heterocycles. The molecule has 7 rings (SSSR count). The second-order valence-electron chi connectivity index (χ2n) is 13.4. The Bertz CT molecular complexity index is 2110. The summed E-state index contributed by atoms with van der Waals surface area (Å²) in [4.78, 5) is 25.7. The van der Waals surface area contributed by atoms with Crippen molar-refractivity contribution in [3.05, 3.63) is 120 Å². The zero-order valence-corrected chi connectivity index (χ0v) is 29.8. The van der Waals surface area contributed by atoms with E-state index in [1.54, 1.807) is 12.5 Å². The SMILES string of the molecule is COc1c(F)cc(-c2cc(Cn3cnc4c(NCCCCCN)ncnc43)c(N3CCC[C@](NCc4ccccc4)(c4ccccn4)C3)cn2)cc1F. The van der Waals surface area contributed by atoms with E-state index in [4.69, 9.17) is 25.4 Å². The summed E-state index contributed by atoms with van der Waals surface area (Å²) in [6.07, 6.45) is 11.7. The van der Waals surface area contributed by atoms with E-state index >= 15 is 0 Å². The van der Waals surface area contributed by atoms with Crippen molar-refractivity contribution >= 4 is 22.7 Å². The molecule has 6 aromatic rings. The number of rotatable bonds is 15. The van der Waals surface area contributed by atoms with Gasteiger partial charge < -0.3 is 30.6 Å². The fraction of sp³-hybridized carbons (Fsp3) is 0.325. The summed E-state index contributed by atoms with van der Waals surface area (Å²) in [5.74, 6) is -1.35. The van der Waals surface area contributed by atoms with E-state index in [1.165, 1.54) is 31.1 Å². The first-order chi connectivity index (χ1) is 26.0. The second kappa shape index (κ2) is 16.4. The number of halogens is 2. The number of aromatic nitrogens is 6. The lowest BCUT2D eigenvalue weighted by molar-refractivity contribution is 0.264. The predicted molar refractivity (Wildman–Crippen MR) is 203 cm³/mol. The highest BCUT2D eigenvalue weighted by molar-refractivity contribution is 5.82. The summed E-state index contributed by atoms with van der Waals surface area (Å²) >= 11 is 0. The van der Waals surface area contributed by atoms with E-state index in [-0.39, 0.29) is 0 Å². The third kappa shape index (κ3) is 7.96. The van der Waals surface area contributed by atoms with E-state index in [0.717, 1.165) is 62.1 Å². The molecule has 4 aromatic heterocycles. The minimum Gasteiger partial charge on any atom is -0.491 e. The number of imidazole rings is 1. The molecular formula is C40H44F2N10O. The standard InChI is InChI=1S/C40H44F2N10O/c1-53-37-31(41)19-29(20-32(37)42)33-21-30(24-52-27-49-36-38(47-26-48-39(36)52)45-17-8-3-7-15-43)34(23-46-33)51-18-10-14-40(25-51,35-13-6-9-16-44-35)50-22-28-11-4-2-5-12-28/h2,4-6,9,11-13,16,19-21,23,26-27,50H,3,7-8,10,14-15,17-18,22,24-25,43H2,1H3,(H,45,47,48)/t40-/m1/s1. The summed E-state index contributed by atoms with van der Waals surface area (Å²) in [5.41, 5.74) is 11.2. The summed E-state index contributed by atoms with van der Waals surface area (Å²) in [6, 6.07) is 20.8. The maximum absolute atomic E-state index is 14.9. The zero-order valence-electron chi connectivity index (χ0n) is 29.8. The fourth-order valence-corrected chi connectivity index (χ4v) is 7.14. The molecule has 2 aromatic carbocycles. The van der Waals surface area contributed by atoms with Gasteiger partial charge in [-0.25, -0.2) is 23.7 Å². The minimum absolute atomic E-state index is 0.304. The molecule has 1 aliphatic rings. The van der Waals surface area contributed by atoms with Crippen LogP contribution in [0.3, 0.4) is 0 Å². The molecule has 0 bridgehead atoms. The third-order valence-electron chi connectivity index (χ3n) is 9.84. The molecule has 11 nitrogen and oxygen atoms in total. The van der Waals surface area contributed by atoms with Crippen molar-refractivity contribution in [2.75, 3.05) is 43.5 Å². The monoisotopic (exact) mass is 718 g/mol. The predicted octanol–water partition coefficient (Wildman–Crippen LogP) is 6.44. The van der Waals surface area contributed by atoms with Crippen LogP contribution >= 0.6 is 0 Å². The van der Waals surface area contributed by atoms with Gasteiger partial charge >= 0.3 is 0 Å². The number of unbranched alkanes of at least 4 members (excludes halogenated alkanes) is 2. The first-order valence-corrected chi connectivity index (χ1v) is 18.1. The van der Waals surface area contributed by atoms with Crippen LogP contribution < -0.4 is 26.0 Å². The smallest absolute Gasteiger partial charge is 0.190 e. The van der Waals surface area contributed by atoms with Crippen LogP contribution in [0.25, 0.3) is 22.4 Å². The first-order valence-electron chi connectivity index (χ1n) is 18.1. The number of hydrogen-bond donors (Lipinski definition) is 3. The Morgan fingerprint density at radius 1 is 0.925 bits per heavy atom. The van der Waals surface area contributed by atoms with Crippen LogP contribution in [0.5, 0.6) is 5.75 Å². The maximum atomic E-state index is 14.9. The Labute approximate surface area is 307 Å². The van der Waals surface area contributed by atoms with Crippen LogP contribution in [-0.4, -0.2) is 62.8 Å². The Balaban J connectivity index is 1.26. The van der Waals surface area contributed by atoms with Crippen LogP contribution in [-0.2, 0) is 18.6 Å². The minimum atomic E-state index is -0.795. The molecule has 5 heterocycles. The number of methoxy groups -OCH3 is 1. The number of benzene rings is 2. The van der Waals surface area contributed by atoms with Crippen molar-refractivity contribution < 1.29 is 13.5 Å². The molecule has 13 heteroatoms. The highest BCUT2D eigenvalue weighted by Gasteiger charge is 2.39. The third-order valence-corrected chi connectivity index (χ3v) is 9.84. The number of ether oxygens (including phenoxy) is 1. The van der Waals surface area contributed by atoms with Gasteiger partial charge in [0, 0.05) is 37.9 Å². The Kier molecular flexibility index (Phi) is 11.1. The molecule has 274 valence electrons. The van der Waals surface area contributed by atoms with Crippen LogP contribution in [0.1, 0.15) is 48.9 Å². The van der Waals surface area contributed by atoms with E-state index in [2.05, 4.69) is 43.7 Å². The van der Waals surface area contributed by atoms with Crippen molar-refractivity contribution in [1.82, 2.24) is 34.8 Å². The van der Waals surface area contributed by atoms with Crippen molar-refractivity contribution in [3.8, 4) is 17.0 Å². The highest BCUT2D eigenvalue weighted by Crippen LogP contribution is 2.37. The Morgan fingerprint density at radius 3 is 2.53 bits per heavy atom. The highest BCUT2D eigenvalue weighted by atomic mass is 19.1. The van der Waals surface area contributed by atoms with Crippen LogP contribution in [0.15, 0.2) is 91.8 Å². The summed E-state index contributed by atoms with van der Waals surface area (Å²) in [5, 5.41) is 7.29. The summed E-state index contributed by atoms with van der Waals surface area (Å²) in [7, 11) is 1.24. The lowest BCUT2D eigenvalue weighted by atomic mass is 9.84. The van der Waals surface area contributed by atoms with Crippen molar-refractivity contribution in [2.45, 2.75) is 50.7 Å². The Morgan fingerprint density at radius 2 is 1.75 bits per heavy atom. The Hall–Kier alpha value is -5.53. The molecule has 0 radical (unpaired) electrons. The van der Waals surface area contributed by atoms with Crippen molar-refractivity contribution in [2.24, 2.45) is 5.73 Å². The fourth-order valence-electron chi connectivity index (χ4n) is 7.14. The van der Waals surface area contributed by atoms with Gasteiger partial charge in [0.05, 0.1) is 48.8 Å². The van der Waals surface area contributed by atoms with Gasteiger partial charge in [-0.1, -0.05) is 42.8 Å². The number of hydrogen-bond acceptors (Lipinski definition) is 10. The average molecular weight is 719 g/mol. The van der Waals surface area contributed by atoms with Crippen LogP contribution in [0, 0.1) is 11.6 Å². The van der Waals surface area contributed by atoms with Gasteiger partial charge in [-0.05, 0) is 73.7 Å². The normalized spacial score (nSPS) is 15.9. The molecular weight excluding hydrogens is 675 g/mol. The number of pyridine rings is 2. The molecule has 0 amide bonds. The van der Waals surface area contributed by atoms with Crippen LogP contribution in [0.2, 0.25) is 0 Å². The number of fused-ring (bicyclic) bond motifs is 1. The van der Waals surface area contributed by atoms with Gasteiger partial charge in [-0.2, -0.15) is 0 Å². The molecule has 4 N–H and O–H groups in total. The first kappa shape index (κ1) is 35.9. The van der Waals surface area contributed by atoms with Crippen molar-refractivity contribution in [1.29, 1.82) is 0 Å². The number of nitrogens with zero attached hydrogens (tertiary/aromatic N) is 7. The van der Waals surface area contributed by atoms with Crippen LogP contribution in [0.4, 0.5) is 20.3 Å².